The van der Waals surface area contributed by atoms with Crippen molar-refractivity contribution < 1.29 is 9.53 Å². The number of aromatic nitrogens is 3. The van der Waals surface area contributed by atoms with Crippen LogP contribution in [0.2, 0.25) is 10.0 Å². The molecule has 1 aromatic heterocycles. The molecule has 1 unspecified atom stereocenters. The predicted molar refractivity (Wildman–Crippen MR) is 131 cm³/mol. The zero-order chi connectivity index (χ0) is 23.1. The Balaban J connectivity index is 1.66. The standard InChI is InChI=1S/C23H24Cl2N4O2S/c1-4-12-29-22(15(3)31-20-11-8-17(24)13-19(20)25)27-28-23(29)32-14-21(30)26-18-9-6-16(5-2)7-10-18/h4,6-11,13,15H,1,5,12,14H2,2-3H3,(H,26,30). The van der Waals surface area contributed by atoms with E-state index in [4.69, 9.17) is 27.9 Å². The third-order valence-corrected chi connectivity index (χ3v) is 6.09. The van der Waals surface area contributed by atoms with Crippen LogP contribution in [-0.2, 0) is 17.8 Å². The molecule has 0 aliphatic heterocycles. The molecule has 6 nitrogen and oxygen atoms in total. The molecule has 3 aromatic rings. The molecule has 168 valence electrons. The average Bonchev–Trinajstić information content (AvgIpc) is 3.18. The zero-order valence-corrected chi connectivity index (χ0v) is 20.2. The SMILES string of the molecule is C=CCn1c(SCC(=O)Nc2ccc(CC)cc2)nnc1C(C)Oc1ccc(Cl)cc1Cl. The van der Waals surface area contributed by atoms with E-state index in [-0.39, 0.29) is 11.7 Å². The molecule has 32 heavy (non-hydrogen) atoms. The van der Waals surface area contributed by atoms with Crippen LogP contribution in [0.3, 0.4) is 0 Å². The number of halogens is 2. The first-order valence-corrected chi connectivity index (χ1v) is 11.8. The van der Waals surface area contributed by atoms with E-state index in [1.807, 2.05) is 35.8 Å². The molecule has 0 aliphatic rings. The molecule has 1 atom stereocenters. The topological polar surface area (TPSA) is 69.0 Å². The van der Waals surface area contributed by atoms with Gasteiger partial charge < -0.3 is 10.1 Å². The van der Waals surface area contributed by atoms with Gasteiger partial charge in [-0.05, 0) is 49.2 Å². The van der Waals surface area contributed by atoms with E-state index in [1.165, 1.54) is 17.3 Å². The Labute approximate surface area is 202 Å². The van der Waals surface area contributed by atoms with E-state index in [1.54, 1.807) is 24.3 Å². The van der Waals surface area contributed by atoms with Crippen molar-refractivity contribution in [1.82, 2.24) is 14.8 Å². The van der Waals surface area contributed by atoms with Gasteiger partial charge in [0.15, 0.2) is 17.1 Å². The number of anilines is 1. The van der Waals surface area contributed by atoms with Crippen LogP contribution >= 0.6 is 35.0 Å². The summed E-state index contributed by atoms with van der Waals surface area (Å²) in [7, 11) is 0. The van der Waals surface area contributed by atoms with Crippen molar-refractivity contribution in [3.8, 4) is 5.75 Å². The molecule has 0 bridgehead atoms. The van der Waals surface area contributed by atoms with Gasteiger partial charge in [0, 0.05) is 17.3 Å². The van der Waals surface area contributed by atoms with Crippen LogP contribution in [0.15, 0.2) is 60.3 Å². The molecule has 1 N–H and O–H groups in total. The van der Waals surface area contributed by atoms with E-state index < -0.39 is 6.10 Å². The number of hydrogen-bond donors (Lipinski definition) is 1. The highest BCUT2D eigenvalue weighted by atomic mass is 35.5. The summed E-state index contributed by atoms with van der Waals surface area (Å²) in [6.45, 7) is 8.24. The molecule has 1 amide bonds. The lowest BCUT2D eigenvalue weighted by Crippen LogP contribution is -2.15. The van der Waals surface area contributed by atoms with E-state index in [0.717, 1.165) is 12.1 Å². The maximum Gasteiger partial charge on any atom is 0.234 e. The van der Waals surface area contributed by atoms with Gasteiger partial charge in [0.05, 0.1) is 10.8 Å². The predicted octanol–water partition coefficient (Wildman–Crippen LogP) is 6.20. The van der Waals surface area contributed by atoms with Gasteiger partial charge >= 0.3 is 0 Å². The highest BCUT2D eigenvalue weighted by molar-refractivity contribution is 7.99. The largest absolute Gasteiger partial charge is 0.481 e. The average molecular weight is 491 g/mol. The van der Waals surface area contributed by atoms with Crippen molar-refractivity contribution in [2.75, 3.05) is 11.1 Å². The summed E-state index contributed by atoms with van der Waals surface area (Å²) < 4.78 is 7.84. The summed E-state index contributed by atoms with van der Waals surface area (Å²) in [6.07, 6.45) is 2.27. The van der Waals surface area contributed by atoms with Crippen LogP contribution in [0.1, 0.15) is 31.3 Å². The van der Waals surface area contributed by atoms with Crippen LogP contribution in [0.25, 0.3) is 0 Å². The van der Waals surface area contributed by atoms with Gasteiger partial charge in [-0.2, -0.15) is 0 Å². The lowest BCUT2D eigenvalue weighted by molar-refractivity contribution is -0.113. The number of ether oxygens (including phenoxy) is 1. The van der Waals surface area contributed by atoms with E-state index in [0.29, 0.717) is 33.3 Å². The number of thioether (sulfide) groups is 1. The van der Waals surface area contributed by atoms with Crippen molar-refractivity contribution >= 4 is 46.6 Å². The first kappa shape index (κ1) is 24.2. The van der Waals surface area contributed by atoms with Gasteiger partial charge in [-0.3, -0.25) is 9.36 Å². The number of carbonyl (C=O) groups excluding carboxylic acids is 1. The Morgan fingerprint density at radius 3 is 2.66 bits per heavy atom. The van der Waals surface area contributed by atoms with Crippen molar-refractivity contribution in [2.45, 2.75) is 38.1 Å². The molecule has 0 spiro atoms. The molecule has 1 heterocycles. The van der Waals surface area contributed by atoms with Crippen LogP contribution in [0.5, 0.6) is 5.75 Å². The minimum atomic E-state index is -0.429. The Morgan fingerprint density at radius 2 is 2.00 bits per heavy atom. The fourth-order valence-electron chi connectivity index (χ4n) is 2.97. The summed E-state index contributed by atoms with van der Waals surface area (Å²) in [6, 6.07) is 12.9. The highest BCUT2D eigenvalue weighted by Gasteiger charge is 2.20. The second-order valence-electron chi connectivity index (χ2n) is 6.96. The van der Waals surface area contributed by atoms with Gasteiger partial charge in [-0.25, -0.2) is 0 Å². The van der Waals surface area contributed by atoms with Gasteiger partial charge in [0.1, 0.15) is 5.75 Å². The molecule has 2 aromatic carbocycles. The van der Waals surface area contributed by atoms with E-state index in [9.17, 15) is 4.79 Å². The van der Waals surface area contributed by atoms with Crippen LogP contribution in [-0.4, -0.2) is 26.4 Å². The molecule has 3 rings (SSSR count). The molecule has 0 saturated heterocycles. The van der Waals surface area contributed by atoms with Crippen molar-refractivity contribution in [3.63, 3.8) is 0 Å². The number of amides is 1. The van der Waals surface area contributed by atoms with Crippen molar-refractivity contribution in [2.24, 2.45) is 0 Å². The zero-order valence-electron chi connectivity index (χ0n) is 17.8. The summed E-state index contributed by atoms with van der Waals surface area (Å²) in [5.41, 5.74) is 1.99. The molecular weight excluding hydrogens is 467 g/mol. The van der Waals surface area contributed by atoms with Gasteiger partial charge in [0.25, 0.3) is 0 Å². The first-order valence-electron chi connectivity index (χ1n) is 10.1. The number of allylic oxidation sites excluding steroid dienone is 1. The number of hydrogen-bond acceptors (Lipinski definition) is 5. The van der Waals surface area contributed by atoms with Crippen LogP contribution in [0, 0.1) is 0 Å². The van der Waals surface area contributed by atoms with Gasteiger partial charge in [-0.15, -0.1) is 16.8 Å². The summed E-state index contributed by atoms with van der Waals surface area (Å²) in [5.74, 6) is 1.18. The highest BCUT2D eigenvalue weighted by Crippen LogP contribution is 2.31. The van der Waals surface area contributed by atoms with E-state index in [2.05, 4.69) is 29.0 Å². The van der Waals surface area contributed by atoms with Crippen molar-refractivity contribution in [3.05, 3.63) is 76.6 Å². The second-order valence-corrected chi connectivity index (χ2v) is 8.75. The number of aryl methyl sites for hydroxylation is 1. The monoisotopic (exact) mass is 490 g/mol. The Hall–Kier alpha value is -2.48. The number of benzene rings is 2. The maximum atomic E-state index is 12.4. The Kier molecular flexibility index (Phi) is 8.61. The Bertz CT molecular complexity index is 1090. The quantitative estimate of drug-likeness (QED) is 0.270. The fraction of sp³-hybridized carbons (Fsp3) is 0.261. The summed E-state index contributed by atoms with van der Waals surface area (Å²) >= 11 is 13.5. The fourth-order valence-corrected chi connectivity index (χ4v) is 4.18. The smallest absolute Gasteiger partial charge is 0.234 e. The molecular formula is C23H24Cl2N4O2S. The van der Waals surface area contributed by atoms with Gasteiger partial charge in [0.2, 0.25) is 5.91 Å². The molecule has 0 saturated carbocycles. The van der Waals surface area contributed by atoms with Crippen molar-refractivity contribution in [1.29, 1.82) is 0 Å². The van der Waals surface area contributed by atoms with E-state index >= 15 is 0 Å². The lowest BCUT2D eigenvalue weighted by Gasteiger charge is -2.16. The number of nitrogens with one attached hydrogen (secondary N) is 1. The Morgan fingerprint density at radius 1 is 1.25 bits per heavy atom. The van der Waals surface area contributed by atoms with Crippen LogP contribution < -0.4 is 10.1 Å². The first-order chi connectivity index (χ1) is 15.4. The number of rotatable bonds is 10. The minimum Gasteiger partial charge on any atom is -0.481 e. The third kappa shape index (κ3) is 6.28. The minimum absolute atomic E-state index is 0.119. The molecule has 0 fully saturated rings. The number of nitrogens with zero attached hydrogens (tertiary/aromatic N) is 3. The third-order valence-electron chi connectivity index (χ3n) is 4.60. The van der Waals surface area contributed by atoms with Gasteiger partial charge in [-0.1, -0.05) is 60.1 Å². The molecule has 0 radical (unpaired) electrons. The maximum absolute atomic E-state index is 12.4. The second kappa shape index (κ2) is 11.4. The van der Waals surface area contributed by atoms with Crippen LogP contribution in [0.4, 0.5) is 5.69 Å². The molecule has 0 aliphatic carbocycles. The summed E-state index contributed by atoms with van der Waals surface area (Å²) in [4.78, 5) is 12.4. The number of carbonyl (C=O) groups is 1. The normalized spacial score (nSPS) is 11.8. The lowest BCUT2D eigenvalue weighted by atomic mass is 10.1. The summed E-state index contributed by atoms with van der Waals surface area (Å²) in [5, 5.41) is 13.0. The molecule has 9 heteroatoms.